The highest BCUT2D eigenvalue weighted by Gasteiger charge is 2.28. The van der Waals surface area contributed by atoms with Crippen LogP contribution in [0.3, 0.4) is 0 Å². The van der Waals surface area contributed by atoms with Gasteiger partial charge in [0.05, 0.1) is 19.3 Å². The van der Waals surface area contributed by atoms with Gasteiger partial charge in [-0.1, -0.05) is 29.3 Å². The molecule has 1 aliphatic rings. The van der Waals surface area contributed by atoms with Crippen molar-refractivity contribution >= 4 is 29.1 Å². The SMILES string of the molecule is CC(c1ccc(Cl)cc1Cl)N(C)C(=O)C1COCCN1. The van der Waals surface area contributed by atoms with Gasteiger partial charge in [0.25, 0.3) is 0 Å². The largest absolute Gasteiger partial charge is 0.378 e. The van der Waals surface area contributed by atoms with Crippen LogP contribution in [0.25, 0.3) is 0 Å². The van der Waals surface area contributed by atoms with Gasteiger partial charge in [0.1, 0.15) is 6.04 Å². The Morgan fingerprint density at radius 2 is 2.25 bits per heavy atom. The lowest BCUT2D eigenvalue weighted by molar-refractivity contribution is -0.137. The van der Waals surface area contributed by atoms with Gasteiger partial charge < -0.3 is 15.0 Å². The Kier molecular flexibility index (Phi) is 5.27. The Hall–Kier alpha value is -0.810. The molecule has 0 bridgehead atoms. The Morgan fingerprint density at radius 1 is 1.50 bits per heavy atom. The average Bonchev–Trinajstić information content (AvgIpc) is 2.46. The number of ether oxygens (including phenoxy) is 1. The molecule has 0 aromatic heterocycles. The number of morpholine rings is 1. The summed E-state index contributed by atoms with van der Waals surface area (Å²) in [6.45, 7) is 3.69. The predicted octanol–water partition coefficient (Wildman–Crippen LogP) is 2.50. The highest BCUT2D eigenvalue weighted by molar-refractivity contribution is 6.35. The second-order valence-electron chi connectivity index (χ2n) is 4.87. The van der Waals surface area contributed by atoms with E-state index >= 15 is 0 Å². The van der Waals surface area contributed by atoms with E-state index in [-0.39, 0.29) is 18.0 Å². The molecular weight excluding hydrogens is 299 g/mol. The number of carbonyl (C=O) groups excluding carboxylic acids is 1. The van der Waals surface area contributed by atoms with Crippen LogP contribution >= 0.6 is 23.2 Å². The van der Waals surface area contributed by atoms with Gasteiger partial charge in [-0.25, -0.2) is 0 Å². The minimum absolute atomic E-state index is 0.00298. The molecule has 1 heterocycles. The molecule has 0 saturated carbocycles. The van der Waals surface area contributed by atoms with Crippen molar-refractivity contribution in [3.05, 3.63) is 33.8 Å². The van der Waals surface area contributed by atoms with E-state index < -0.39 is 0 Å². The van der Waals surface area contributed by atoms with Crippen LogP contribution < -0.4 is 5.32 Å². The van der Waals surface area contributed by atoms with Crippen molar-refractivity contribution in [1.82, 2.24) is 10.2 Å². The number of amides is 1. The number of benzene rings is 1. The van der Waals surface area contributed by atoms with Gasteiger partial charge in [0, 0.05) is 23.6 Å². The summed E-state index contributed by atoms with van der Waals surface area (Å²) in [5.41, 5.74) is 0.878. The molecule has 1 N–H and O–H groups in total. The van der Waals surface area contributed by atoms with E-state index in [1.54, 1.807) is 24.1 Å². The van der Waals surface area contributed by atoms with Gasteiger partial charge in [-0.15, -0.1) is 0 Å². The summed E-state index contributed by atoms with van der Waals surface area (Å²) in [6.07, 6.45) is 0. The fraction of sp³-hybridized carbons (Fsp3) is 0.500. The van der Waals surface area contributed by atoms with E-state index in [4.69, 9.17) is 27.9 Å². The number of carbonyl (C=O) groups is 1. The molecule has 1 saturated heterocycles. The van der Waals surface area contributed by atoms with Crippen LogP contribution in [0.5, 0.6) is 0 Å². The predicted molar refractivity (Wildman–Crippen MR) is 80.3 cm³/mol. The van der Waals surface area contributed by atoms with Crippen LogP contribution in [0.4, 0.5) is 0 Å². The number of nitrogens with zero attached hydrogens (tertiary/aromatic N) is 1. The van der Waals surface area contributed by atoms with Crippen molar-refractivity contribution in [2.75, 3.05) is 26.8 Å². The van der Waals surface area contributed by atoms with Crippen LogP contribution in [-0.2, 0) is 9.53 Å². The van der Waals surface area contributed by atoms with Crippen LogP contribution in [0.15, 0.2) is 18.2 Å². The topological polar surface area (TPSA) is 41.6 Å². The van der Waals surface area contributed by atoms with Crippen LogP contribution in [0, 0.1) is 0 Å². The number of rotatable bonds is 3. The van der Waals surface area contributed by atoms with Crippen molar-refractivity contribution in [3.63, 3.8) is 0 Å². The van der Waals surface area contributed by atoms with Crippen molar-refractivity contribution in [2.24, 2.45) is 0 Å². The maximum Gasteiger partial charge on any atom is 0.242 e. The zero-order valence-electron chi connectivity index (χ0n) is 11.5. The third kappa shape index (κ3) is 3.44. The summed E-state index contributed by atoms with van der Waals surface area (Å²) in [7, 11) is 1.77. The molecule has 1 fully saturated rings. The van der Waals surface area contributed by atoms with E-state index in [0.717, 1.165) is 5.56 Å². The second kappa shape index (κ2) is 6.76. The molecule has 1 aliphatic heterocycles. The maximum atomic E-state index is 12.4. The first-order valence-electron chi connectivity index (χ1n) is 6.53. The fourth-order valence-electron chi connectivity index (χ4n) is 2.21. The van der Waals surface area contributed by atoms with E-state index in [9.17, 15) is 4.79 Å². The van der Waals surface area contributed by atoms with Crippen molar-refractivity contribution in [1.29, 1.82) is 0 Å². The molecule has 0 radical (unpaired) electrons. The molecule has 1 aromatic rings. The highest BCUT2D eigenvalue weighted by Crippen LogP contribution is 2.29. The summed E-state index contributed by atoms with van der Waals surface area (Å²) in [5, 5.41) is 4.31. The minimum Gasteiger partial charge on any atom is -0.378 e. The third-order valence-electron chi connectivity index (χ3n) is 3.56. The standard InChI is InChI=1S/C14H18Cl2N2O2/c1-9(11-4-3-10(15)7-12(11)16)18(2)14(19)13-8-20-6-5-17-13/h3-4,7,9,13,17H,5-6,8H2,1-2H3. The first kappa shape index (κ1) is 15.6. The molecule has 4 nitrogen and oxygen atoms in total. The Morgan fingerprint density at radius 3 is 2.85 bits per heavy atom. The number of halogens is 2. The number of nitrogens with one attached hydrogen (secondary N) is 1. The van der Waals surface area contributed by atoms with Gasteiger partial charge in [-0.05, 0) is 24.6 Å². The fourth-order valence-corrected chi connectivity index (χ4v) is 2.78. The molecule has 1 amide bonds. The van der Waals surface area contributed by atoms with Crippen molar-refractivity contribution in [2.45, 2.75) is 19.0 Å². The molecule has 2 rings (SSSR count). The van der Waals surface area contributed by atoms with E-state index in [1.807, 2.05) is 13.0 Å². The first-order valence-corrected chi connectivity index (χ1v) is 7.29. The summed E-state index contributed by atoms with van der Waals surface area (Å²) < 4.78 is 5.32. The number of likely N-dealkylation sites (N-methyl/N-ethyl adjacent to an activating group) is 1. The van der Waals surface area contributed by atoms with Gasteiger partial charge in [0.2, 0.25) is 5.91 Å². The van der Waals surface area contributed by atoms with Crippen LogP contribution in [0.1, 0.15) is 18.5 Å². The van der Waals surface area contributed by atoms with E-state index in [0.29, 0.717) is 29.8 Å². The number of hydrogen-bond acceptors (Lipinski definition) is 3. The minimum atomic E-state index is -0.290. The van der Waals surface area contributed by atoms with Gasteiger partial charge in [0.15, 0.2) is 0 Å². The smallest absolute Gasteiger partial charge is 0.242 e. The summed E-state index contributed by atoms with van der Waals surface area (Å²) in [5.74, 6) is 0.00298. The lowest BCUT2D eigenvalue weighted by Crippen LogP contribution is -2.52. The van der Waals surface area contributed by atoms with Gasteiger partial charge >= 0.3 is 0 Å². The summed E-state index contributed by atoms with van der Waals surface area (Å²) in [4.78, 5) is 14.1. The molecule has 2 unspecified atom stereocenters. The van der Waals surface area contributed by atoms with E-state index in [2.05, 4.69) is 5.32 Å². The second-order valence-corrected chi connectivity index (χ2v) is 5.72. The molecular formula is C14H18Cl2N2O2. The lowest BCUT2D eigenvalue weighted by Gasteiger charge is -2.31. The Bertz CT molecular complexity index is 490. The monoisotopic (exact) mass is 316 g/mol. The van der Waals surface area contributed by atoms with Crippen LogP contribution in [-0.4, -0.2) is 43.7 Å². The lowest BCUT2D eigenvalue weighted by atomic mass is 10.1. The molecule has 20 heavy (non-hydrogen) atoms. The zero-order valence-corrected chi connectivity index (χ0v) is 13.0. The molecule has 0 aliphatic carbocycles. The third-order valence-corrected chi connectivity index (χ3v) is 4.12. The summed E-state index contributed by atoms with van der Waals surface area (Å²) in [6, 6.07) is 4.90. The first-order chi connectivity index (χ1) is 9.50. The maximum absolute atomic E-state index is 12.4. The van der Waals surface area contributed by atoms with Gasteiger partial charge in [-0.2, -0.15) is 0 Å². The highest BCUT2D eigenvalue weighted by atomic mass is 35.5. The van der Waals surface area contributed by atoms with Crippen molar-refractivity contribution < 1.29 is 9.53 Å². The summed E-state index contributed by atoms with van der Waals surface area (Å²) >= 11 is 12.1. The average molecular weight is 317 g/mol. The Labute approximate surface area is 129 Å². The normalized spacial score (nSPS) is 20.5. The van der Waals surface area contributed by atoms with Crippen LogP contribution in [0.2, 0.25) is 10.0 Å². The van der Waals surface area contributed by atoms with E-state index in [1.165, 1.54) is 0 Å². The molecule has 0 spiro atoms. The molecule has 110 valence electrons. The van der Waals surface area contributed by atoms with Gasteiger partial charge in [-0.3, -0.25) is 4.79 Å². The molecule has 6 heteroatoms. The molecule has 1 aromatic carbocycles. The Balaban J connectivity index is 2.10. The molecule has 2 atom stereocenters. The van der Waals surface area contributed by atoms with Crippen molar-refractivity contribution in [3.8, 4) is 0 Å². The zero-order chi connectivity index (χ0) is 14.7. The number of hydrogen-bond donors (Lipinski definition) is 1. The quantitative estimate of drug-likeness (QED) is 0.931.